The maximum atomic E-state index is 12.2. The fraction of sp³-hybridized carbons (Fsp3) is 0.571. The monoisotopic (exact) mass is 357 g/mol. The van der Waals surface area contributed by atoms with Gasteiger partial charge >= 0.3 is 6.09 Å². The van der Waals surface area contributed by atoms with Crippen molar-refractivity contribution in [3.63, 3.8) is 0 Å². The van der Waals surface area contributed by atoms with Crippen LogP contribution in [0.2, 0.25) is 10.4 Å². The molecule has 0 unspecified atom stereocenters. The number of hydrogen-bond donors (Lipinski definition) is 0. The van der Waals surface area contributed by atoms with Crippen LogP contribution in [0.3, 0.4) is 0 Å². The summed E-state index contributed by atoms with van der Waals surface area (Å²) < 4.78 is 7.30. The van der Waals surface area contributed by atoms with E-state index in [2.05, 4.69) is 15.0 Å². The molecule has 1 fully saturated rings. The summed E-state index contributed by atoms with van der Waals surface area (Å²) in [7, 11) is 0. The Morgan fingerprint density at radius 3 is 2.78 bits per heavy atom. The Hall–Kier alpha value is -1.60. The van der Waals surface area contributed by atoms with Crippen LogP contribution < -0.4 is 0 Å². The van der Waals surface area contributed by atoms with Crippen molar-refractivity contribution in [2.24, 2.45) is 0 Å². The van der Waals surface area contributed by atoms with Crippen molar-refractivity contribution >= 4 is 40.5 Å². The average molecular weight is 358 g/mol. The molecule has 3 heterocycles. The average Bonchev–Trinajstić information content (AvgIpc) is 3.01. The summed E-state index contributed by atoms with van der Waals surface area (Å²) in [6.45, 7) is 6.69. The number of likely N-dealkylation sites (tertiary alicyclic amines) is 1. The van der Waals surface area contributed by atoms with E-state index in [1.807, 2.05) is 25.3 Å². The topological polar surface area (TPSA) is 73.1 Å². The molecule has 1 atom stereocenters. The van der Waals surface area contributed by atoms with Gasteiger partial charge in [-0.05, 0) is 38.8 Å². The molecule has 1 saturated heterocycles. The number of amides is 1. The molecule has 0 aliphatic carbocycles. The van der Waals surface area contributed by atoms with Gasteiger partial charge in [0.05, 0.1) is 12.4 Å². The first-order valence-electron chi connectivity index (χ1n) is 7.28. The van der Waals surface area contributed by atoms with Crippen LogP contribution in [0.25, 0.3) is 11.2 Å². The van der Waals surface area contributed by atoms with Gasteiger partial charge in [-0.2, -0.15) is 4.98 Å². The van der Waals surface area contributed by atoms with Crippen LogP contribution in [0.5, 0.6) is 0 Å². The van der Waals surface area contributed by atoms with Gasteiger partial charge in [-0.25, -0.2) is 14.8 Å². The predicted molar refractivity (Wildman–Crippen MR) is 86.8 cm³/mol. The zero-order valence-corrected chi connectivity index (χ0v) is 14.6. The number of fused-ring (bicyclic) bond motifs is 1. The molecule has 9 heteroatoms. The summed E-state index contributed by atoms with van der Waals surface area (Å²) in [6, 6.07) is 0.0505. The zero-order valence-electron chi connectivity index (χ0n) is 13.1. The van der Waals surface area contributed by atoms with Gasteiger partial charge in [0, 0.05) is 13.1 Å². The second kappa shape index (κ2) is 5.79. The number of imidazole rings is 1. The number of nitrogens with zero attached hydrogens (tertiary/aromatic N) is 5. The summed E-state index contributed by atoms with van der Waals surface area (Å²) in [6.07, 6.45) is 2.13. The molecular formula is C14H17Cl2N5O2. The van der Waals surface area contributed by atoms with Gasteiger partial charge in [0.2, 0.25) is 5.28 Å². The second-order valence-electron chi connectivity index (χ2n) is 6.48. The van der Waals surface area contributed by atoms with E-state index in [1.165, 1.54) is 0 Å². The molecule has 0 saturated carbocycles. The number of carbonyl (C=O) groups excluding carboxylic acids is 1. The lowest BCUT2D eigenvalue weighted by atomic mass is 10.2. The standard InChI is InChI=1S/C14H17Cl2N5O2/c1-14(2,3)23-13(22)20-5-4-8(6-20)21-7-17-9-10(15)18-12(16)19-11(9)21/h7-8H,4-6H2,1-3H3/t8-/m1/s1. The van der Waals surface area contributed by atoms with Gasteiger partial charge in [-0.15, -0.1) is 0 Å². The third kappa shape index (κ3) is 3.35. The molecule has 1 aliphatic heterocycles. The largest absolute Gasteiger partial charge is 0.444 e. The molecule has 1 aliphatic rings. The number of halogens is 2. The Kier molecular flexibility index (Phi) is 4.10. The van der Waals surface area contributed by atoms with Gasteiger partial charge in [0.15, 0.2) is 10.8 Å². The van der Waals surface area contributed by atoms with Crippen LogP contribution in [-0.2, 0) is 4.74 Å². The van der Waals surface area contributed by atoms with Crippen LogP contribution in [0.4, 0.5) is 4.79 Å². The summed E-state index contributed by atoms with van der Waals surface area (Å²) in [4.78, 5) is 26.2. The number of rotatable bonds is 1. The first-order chi connectivity index (χ1) is 10.7. The Balaban J connectivity index is 1.81. The molecular weight excluding hydrogens is 341 g/mol. The first-order valence-corrected chi connectivity index (χ1v) is 8.04. The number of carbonyl (C=O) groups is 1. The summed E-state index contributed by atoms with van der Waals surface area (Å²) in [5.41, 5.74) is 0.573. The predicted octanol–water partition coefficient (Wildman–Crippen LogP) is 3.32. The number of aromatic nitrogens is 4. The fourth-order valence-electron chi connectivity index (χ4n) is 2.59. The maximum Gasteiger partial charge on any atom is 0.410 e. The highest BCUT2D eigenvalue weighted by molar-refractivity contribution is 6.35. The highest BCUT2D eigenvalue weighted by atomic mass is 35.5. The SMILES string of the molecule is CC(C)(C)OC(=O)N1CC[C@@H](n2cnc3c(Cl)nc(Cl)nc32)C1. The van der Waals surface area contributed by atoms with Crippen molar-refractivity contribution in [1.29, 1.82) is 0 Å². The Labute approximate surface area is 143 Å². The smallest absolute Gasteiger partial charge is 0.410 e. The van der Waals surface area contributed by atoms with Crippen LogP contribution in [0, 0.1) is 0 Å². The zero-order chi connectivity index (χ0) is 16.8. The number of hydrogen-bond acceptors (Lipinski definition) is 5. The van der Waals surface area contributed by atoms with Crippen LogP contribution in [0.15, 0.2) is 6.33 Å². The third-order valence-electron chi connectivity index (χ3n) is 3.56. The molecule has 0 radical (unpaired) electrons. The summed E-state index contributed by atoms with van der Waals surface area (Å²) >= 11 is 11.9. The van der Waals surface area contributed by atoms with Crippen molar-refractivity contribution in [2.45, 2.75) is 38.8 Å². The minimum Gasteiger partial charge on any atom is -0.444 e. The Morgan fingerprint density at radius 2 is 2.09 bits per heavy atom. The van der Waals surface area contributed by atoms with Crippen molar-refractivity contribution in [3.8, 4) is 0 Å². The molecule has 0 bridgehead atoms. The third-order valence-corrected chi connectivity index (χ3v) is 3.99. The van der Waals surface area contributed by atoms with Crippen molar-refractivity contribution in [2.75, 3.05) is 13.1 Å². The molecule has 23 heavy (non-hydrogen) atoms. The van der Waals surface area contributed by atoms with E-state index in [1.54, 1.807) is 11.2 Å². The summed E-state index contributed by atoms with van der Waals surface area (Å²) in [5, 5.41) is 0.298. The highest BCUT2D eigenvalue weighted by Gasteiger charge is 2.31. The Morgan fingerprint density at radius 1 is 1.35 bits per heavy atom. The Bertz CT molecular complexity index is 755. The van der Waals surface area contributed by atoms with Gasteiger partial charge in [0.1, 0.15) is 11.1 Å². The van der Waals surface area contributed by atoms with Crippen molar-refractivity contribution in [1.82, 2.24) is 24.4 Å². The quantitative estimate of drug-likeness (QED) is 0.578. The van der Waals surface area contributed by atoms with Crippen LogP contribution in [-0.4, -0.2) is 49.2 Å². The van der Waals surface area contributed by atoms with Gasteiger partial charge in [0.25, 0.3) is 0 Å². The minimum absolute atomic E-state index is 0.0505. The van der Waals surface area contributed by atoms with E-state index in [0.29, 0.717) is 24.3 Å². The second-order valence-corrected chi connectivity index (χ2v) is 7.17. The molecule has 2 aromatic rings. The van der Waals surface area contributed by atoms with Gasteiger partial charge < -0.3 is 14.2 Å². The molecule has 7 nitrogen and oxygen atoms in total. The highest BCUT2D eigenvalue weighted by Crippen LogP contribution is 2.28. The lowest BCUT2D eigenvalue weighted by Crippen LogP contribution is -2.35. The van der Waals surface area contributed by atoms with Crippen LogP contribution >= 0.6 is 23.2 Å². The van der Waals surface area contributed by atoms with E-state index in [0.717, 1.165) is 6.42 Å². The molecule has 0 aromatic carbocycles. The molecule has 3 rings (SSSR count). The van der Waals surface area contributed by atoms with E-state index >= 15 is 0 Å². The van der Waals surface area contributed by atoms with Crippen molar-refractivity contribution in [3.05, 3.63) is 16.8 Å². The van der Waals surface area contributed by atoms with Crippen LogP contribution in [0.1, 0.15) is 33.2 Å². The van der Waals surface area contributed by atoms with Gasteiger partial charge in [-0.1, -0.05) is 11.6 Å². The van der Waals surface area contributed by atoms with Crippen molar-refractivity contribution < 1.29 is 9.53 Å². The molecule has 0 N–H and O–H groups in total. The van der Waals surface area contributed by atoms with E-state index in [4.69, 9.17) is 27.9 Å². The van der Waals surface area contributed by atoms with Gasteiger partial charge in [-0.3, -0.25) is 0 Å². The molecule has 0 spiro atoms. The summed E-state index contributed by atoms with van der Waals surface area (Å²) in [5.74, 6) is 0. The van der Waals surface area contributed by atoms with E-state index < -0.39 is 5.60 Å². The lowest BCUT2D eigenvalue weighted by Gasteiger charge is -2.24. The van der Waals surface area contributed by atoms with E-state index in [-0.39, 0.29) is 22.6 Å². The fourth-order valence-corrected chi connectivity index (χ4v) is 3.01. The molecule has 2 aromatic heterocycles. The van der Waals surface area contributed by atoms with E-state index in [9.17, 15) is 4.79 Å². The lowest BCUT2D eigenvalue weighted by molar-refractivity contribution is 0.0289. The molecule has 1 amide bonds. The normalized spacial score (nSPS) is 18.7. The number of ether oxygens (including phenoxy) is 1. The minimum atomic E-state index is -0.509. The maximum absolute atomic E-state index is 12.2. The molecule has 124 valence electrons. The first kappa shape index (κ1) is 16.3.